The molecule has 0 aliphatic heterocycles. The molecular formula is C17H21N3O2. The molecule has 0 saturated carbocycles. The molecule has 3 rings (SSSR count). The van der Waals surface area contributed by atoms with Crippen molar-refractivity contribution in [2.75, 3.05) is 7.11 Å². The Morgan fingerprint density at radius 2 is 1.91 bits per heavy atom. The molecule has 0 amide bonds. The standard InChI is InChI=1S/C15H15N3O2.C2H6/c1-9-8-11(19)4-5-12(9)13-10(2)17-15(20-3)14-16-6-7-18(13)14;1-2/h4-8,19H,1-3H3;1-2H3. The highest BCUT2D eigenvalue weighted by atomic mass is 16.5. The summed E-state index contributed by atoms with van der Waals surface area (Å²) in [6.45, 7) is 7.89. The molecule has 2 heterocycles. The SMILES string of the molecule is CC.COc1nc(C)c(-c2ccc(O)cc2C)n2ccnc12. The van der Waals surface area contributed by atoms with E-state index in [0.717, 1.165) is 22.5 Å². The number of benzene rings is 1. The van der Waals surface area contributed by atoms with Gasteiger partial charge >= 0.3 is 0 Å². The lowest BCUT2D eigenvalue weighted by Gasteiger charge is -2.13. The van der Waals surface area contributed by atoms with E-state index in [1.54, 1.807) is 25.4 Å². The fourth-order valence-electron chi connectivity index (χ4n) is 2.45. The van der Waals surface area contributed by atoms with Crippen molar-refractivity contribution >= 4 is 5.65 Å². The van der Waals surface area contributed by atoms with Crippen LogP contribution >= 0.6 is 0 Å². The van der Waals surface area contributed by atoms with Gasteiger partial charge in [-0.3, -0.25) is 4.40 Å². The minimum absolute atomic E-state index is 0.257. The number of nitrogens with zero attached hydrogens (tertiary/aromatic N) is 3. The lowest BCUT2D eigenvalue weighted by atomic mass is 10.0. The van der Waals surface area contributed by atoms with E-state index in [0.29, 0.717) is 11.5 Å². The molecule has 0 aliphatic carbocycles. The summed E-state index contributed by atoms with van der Waals surface area (Å²) in [4.78, 5) is 8.75. The molecule has 116 valence electrons. The highest BCUT2D eigenvalue weighted by Crippen LogP contribution is 2.31. The number of aromatic nitrogens is 3. The second kappa shape index (κ2) is 6.47. The van der Waals surface area contributed by atoms with Gasteiger partial charge in [-0.05, 0) is 37.6 Å². The molecule has 0 saturated heterocycles. The third kappa shape index (κ3) is 2.62. The number of aryl methyl sites for hydroxylation is 2. The maximum absolute atomic E-state index is 9.55. The monoisotopic (exact) mass is 299 g/mol. The second-order valence-electron chi connectivity index (χ2n) is 4.68. The topological polar surface area (TPSA) is 59.7 Å². The Balaban J connectivity index is 0.000000847. The van der Waals surface area contributed by atoms with Crippen LogP contribution in [0.4, 0.5) is 0 Å². The van der Waals surface area contributed by atoms with Crippen LogP contribution in [0.15, 0.2) is 30.6 Å². The molecule has 5 nitrogen and oxygen atoms in total. The molecule has 0 aliphatic rings. The number of imidazole rings is 1. The van der Waals surface area contributed by atoms with Gasteiger partial charge in [0.2, 0.25) is 5.65 Å². The van der Waals surface area contributed by atoms with Crippen LogP contribution in [0.1, 0.15) is 25.1 Å². The van der Waals surface area contributed by atoms with E-state index < -0.39 is 0 Å². The van der Waals surface area contributed by atoms with Crippen LogP contribution in [-0.4, -0.2) is 26.6 Å². The van der Waals surface area contributed by atoms with Gasteiger partial charge in [-0.2, -0.15) is 0 Å². The normalized spacial score (nSPS) is 10.2. The molecule has 3 aromatic rings. The molecular weight excluding hydrogens is 278 g/mol. The zero-order chi connectivity index (χ0) is 16.3. The van der Waals surface area contributed by atoms with Gasteiger partial charge in [-0.25, -0.2) is 9.97 Å². The molecule has 1 N–H and O–H groups in total. The van der Waals surface area contributed by atoms with Crippen LogP contribution in [0.25, 0.3) is 16.9 Å². The number of fused-ring (bicyclic) bond motifs is 1. The fraction of sp³-hybridized carbons (Fsp3) is 0.294. The summed E-state index contributed by atoms with van der Waals surface area (Å²) in [5, 5.41) is 9.55. The second-order valence-corrected chi connectivity index (χ2v) is 4.68. The first kappa shape index (κ1) is 15.8. The summed E-state index contributed by atoms with van der Waals surface area (Å²) in [6, 6.07) is 5.30. The highest BCUT2D eigenvalue weighted by molar-refractivity contribution is 5.71. The van der Waals surface area contributed by atoms with Gasteiger partial charge < -0.3 is 9.84 Å². The average Bonchev–Trinajstić information content (AvgIpc) is 2.99. The first-order valence-corrected chi connectivity index (χ1v) is 7.29. The summed E-state index contributed by atoms with van der Waals surface area (Å²) in [5.41, 5.74) is 4.48. The van der Waals surface area contributed by atoms with Crippen molar-refractivity contribution in [2.24, 2.45) is 0 Å². The minimum Gasteiger partial charge on any atom is -0.508 e. The molecule has 0 unspecified atom stereocenters. The quantitative estimate of drug-likeness (QED) is 0.783. The maximum atomic E-state index is 9.55. The molecule has 0 spiro atoms. The Hall–Kier alpha value is -2.56. The van der Waals surface area contributed by atoms with E-state index in [4.69, 9.17) is 4.74 Å². The summed E-state index contributed by atoms with van der Waals surface area (Å²) in [5.74, 6) is 0.764. The fourth-order valence-corrected chi connectivity index (χ4v) is 2.45. The largest absolute Gasteiger partial charge is 0.508 e. The highest BCUT2D eigenvalue weighted by Gasteiger charge is 2.15. The molecule has 0 fully saturated rings. The predicted molar refractivity (Wildman–Crippen MR) is 87.5 cm³/mol. The molecule has 22 heavy (non-hydrogen) atoms. The van der Waals surface area contributed by atoms with Crippen molar-refractivity contribution in [1.82, 2.24) is 14.4 Å². The van der Waals surface area contributed by atoms with E-state index in [1.165, 1.54) is 0 Å². The lowest BCUT2D eigenvalue weighted by molar-refractivity contribution is 0.399. The molecule has 5 heteroatoms. The van der Waals surface area contributed by atoms with Crippen molar-refractivity contribution in [3.8, 4) is 22.9 Å². The third-order valence-corrected chi connectivity index (χ3v) is 3.34. The van der Waals surface area contributed by atoms with E-state index in [1.807, 2.05) is 44.4 Å². The van der Waals surface area contributed by atoms with Crippen LogP contribution in [0.3, 0.4) is 0 Å². The molecule has 2 aromatic heterocycles. The van der Waals surface area contributed by atoms with E-state index >= 15 is 0 Å². The van der Waals surface area contributed by atoms with E-state index in [-0.39, 0.29) is 5.75 Å². The van der Waals surface area contributed by atoms with Crippen molar-refractivity contribution in [3.05, 3.63) is 41.9 Å². The average molecular weight is 299 g/mol. The zero-order valence-electron chi connectivity index (χ0n) is 13.6. The van der Waals surface area contributed by atoms with Gasteiger partial charge in [0.15, 0.2) is 0 Å². The van der Waals surface area contributed by atoms with E-state index in [2.05, 4.69) is 9.97 Å². The van der Waals surface area contributed by atoms with Gasteiger partial charge in [0.25, 0.3) is 5.88 Å². The number of methoxy groups -OCH3 is 1. The number of aromatic hydroxyl groups is 1. The number of hydrogen-bond donors (Lipinski definition) is 1. The number of ether oxygens (including phenoxy) is 1. The van der Waals surface area contributed by atoms with Gasteiger partial charge in [-0.1, -0.05) is 13.8 Å². The molecule has 1 aromatic carbocycles. The Morgan fingerprint density at radius 3 is 2.55 bits per heavy atom. The Morgan fingerprint density at radius 1 is 1.18 bits per heavy atom. The number of phenolic OH excluding ortho intramolecular Hbond substituents is 1. The van der Waals surface area contributed by atoms with Crippen molar-refractivity contribution in [1.29, 1.82) is 0 Å². The number of hydrogen-bond acceptors (Lipinski definition) is 4. The van der Waals surface area contributed by atoms with Gasteiger partial charge in [0, 0.05) is 18.0 Å². The summed E-state index contributed by atoms with van der Waals surface area (Å²) in [7, 11) is 1.59. The van der Waals surface area contributed by atoms with Gasteiger partial charge in [-0.15, -0.1) is 0 Å². The predicted octanol–water partition coefficient (Wildman–Crippen LogP) is 3.75. The van der Waals surface area contributed by atoms with Crippen molar-refractivity contribution < 1.29 is 9.84 Å². The first-order valence-electron chi connectivity index (χ1n) is 7.29. The smallest absolute Gasteiger partial charge is 0.258 e. The van der Waals surface area contributed by atoms with Crippen molar-refractivity contribution in [2.45, 2.75) is 27.7 Å². The summed E-state index contributed by atoms with van der Waals surface area (Å²) < 4.78 is 7.23. The Labute approximate surface area is 130 Å². The lowest BCUT2D eigenvalue weighted by Crippen LogP contribution is -2.02. The summed E-state index contributed by atoms with van der Waals surface area (Å²) >= 11 is 0. The van der Waals surface area contributed by atoms with Crippen LogP contribution in [-0.2, 0) is 0 Å². The Bertz CT molecular complexity index is 794. The van der Waals surface area contributed by atoms with Crippen LogP contribution < -0.4 is 4.74 Å². The van der Waals surface area contributed by atoms with Crippen LogP contribution in [0.5, 0.6) is 11.6 Å². The molecule has 0 atom stereocenters. The number of phenols is 1. The Kier molecular flexibility index (Phi) is 4.65. The van der Waals surface area contributed by atoms with Gasteiger partial charge in [0.05, 0.1) is 18.5 Å². The molecule has 0 bridgehead atoms. The van der Waals surface area contributed by atoms with Crippen LogP contribution in [0, 0.1) is 13.8 Å². The third-order valence-electron chi connectivity index (χ3n) is 3.34. The van der Waals surface area contributed by atoms with Crippen LogP contribution in [0.2, 0.25) is 0 Å². The zero-order valence-corrected chi connectivity index (χ0v) is 13.6. The maximum Gasteiger partial charge on any atom is 0.258 e. The van der Waals surface area contributed by atoms with Gasteiger partial charge in [0.1, 0.15) is 5.75 Å². The molecule has 0 radical (unpaired) electrons. The number of rotatable bonds is 2. The minimum atomic E-state index is 0.257. The summed E-state index contributed by atoms with van der Waals surface area (Å²) in [6.07, 6.45) is 3.60. The van der Waals surface area contributed by atoms with Crippen molar-refractivity contribution in [3.63, 3.8) is 0 Å². The van der Waals surface area contributed by atoms with E-state index in [9.17, 15) is 5.11 Å². The first-order chi connectivity index (χ1) is 10.6.